The summed E-state index contributed by atoms with van der Waals surface area (Å²) in [5.41, 5.74) is 3.44. The molecule has 1 amide bonds. The Kier molecular flexibility index (Phi) is 5.62. The van der Waals surface area contributed by atoms with Gasteiger partial charge in [0.05, 0.1) is 19.9 Å². The molecule has 5 heteroatoms. The van der Waals surface area contributed by atoms with Crippen LogP contribution in [0.25, 0.3) is 0 Å². The molecular weight excluding hydrogens is 295 g/mol. The molecule has 0 saturated carbocycles. The highest BCUT2D eigenvalue weighted by Crippen LogP contribution is 2.29. The minimum Gasteiger partial charge on any atom is -0.379 e. The number of alkyl halides is 1. The predicted octanol–water partition coefficient (Wildman–Crippen LogP) is 2.20. The number of fused-ring (bicyclic) bond motifs is 1. The number of rotatable bonds is 6. The maximum absolute atomic E-state index is 12.3. The van der Waals surface area contributed by atoms with Crippen LogP contribution in [0.3, 0.4) is 0 Å². The third-order valence-electron chi connectivity index (χ3n) is 4.69. The molecule has 0 spiro atoms. The Hall–Kier alpha value is -1.46. The average Bonchev–Trinajstić information content (AvgIpc) is 2.60. The Bertz CT molecular complexity index is 544. The van der Waals surface area contributed by atoms with Gasteiger partial charge in [0.15, 0.2) is 0 Å². The summed E-state index contributed by atoms with van der Waals surface area (Å²) in [6.07, 6.45) is 2.71. The first-order valence-electron chi connectivity index (χ1n) is 8.56. The van der Waals surface area contributed by atoms with Gasteiger partial charge in [-0.2, -0.15) is 0 Å². The van der Waals surface area contributed by atoms with E-state index < -0.39 is 0 Å². The number of anilines is 1. The van der Waals surface area contributed by atoms with E-state index in [9.17, 15) is 9.18 Å². The molecule has 1 aromatic rings. The molecule has 2 aliphatic rings. The largest absolute Gasteiger partial charge is 0.379 e. The lowest BCUT2D eigenvalue weighted by atomic mass is 9.97. The van der Waals surface area contributed by atoms with Crippen LogP contribution in [-0.2, 0) is 22.4 Å². The molecule has 4 nitrogen and oxygen atoms in total. The maximum atomic E-state index is 12.3. The Labute approximate surface area is 137 Å². The van der Waals surface area contributed by atoms with Gasteiger partial charge in [-0.3, -0.25) is 14.1 Å². The maximum Gasteiger partial charge on any atom is 0.227 e. The van der Waals surface area contributed by atoms with Gasteiger partial charge in [-0.25, -0.2) is 0 Å². The molecule has 2 aliphatic heterocycles. The van der Waals surface area contributed by atoms with Gasteiger partial charge in [-0.1, -0.05) is 12.1 Å². The molecule has 23 heavy (non-hydrogen) atoms. The molecule has 126 valence electrons. The lowest BCUT2D eigenvalue weighted by Crippen LogP contribution is -2.44. The number of aryl methyl sites for hydroxylation is 2. The summed E-state index contributed by atoms with van der Waals surface area (Å²) in [5, 5.41) is 0. The number of carbonyl (C=O) groups is 1. The predicted molar refractivity (Wildman–Crippen MR) is 88.7 cm³/mol. The molecule has 1 aromatic carbocycles. The zero-order chi connectivity index (χ0) is 16.1. The molecule has 2 heterocycles. The molecule has 0 unspecified atom stereocenters. The lowest BCUT2D eigenvalue weighted by Gasteiger charge is -2.33. The molecule has 1 saturated heterocycles. The molecule has 3 rings (SSSR count). The summed E-state index contributed by atoms with van der Waals surface area (Å²) in [4.78, 5) is 16.6. The zero-order valence-corrected chi connectivity index (χ0v) is 13.6. The van der Waals surface area contributed by atoms with E-state index >= 15 is 0 Å². The number of ether oxygens (including phenoxy) is 1. The van der Waals surface area contributed by atoms with Crippen molar-refractivity contribution < 1.29 is 13.9 Å². The van der Waals surface area contributed by atoms with Crippen molar-refractivity contribution in [2.75, 3.05) is 51.0 Å². The number of morpholine rings is 1. The van der Waals surface area contributed by atoms with Crippen LogP contribution in [0.2, 0.25) is 0 Å². The van der Waals surface area contributed by atoms with Gasteiger partial charge in [0, 0.05) is 38.3 Å². The van der Waals surface area contributed by atoms with Gasteiger partial charge in [-0.15, -0.1) is 0 Å². The van der Waals surface area contributed by atoms with E-state index in [1.807, 2.05) is 17.0 Å². The van der Waals surface area contributed by atoms with Crippen LogP contribution in [0, 0.1) is 0 Å². The Morgan fingerprint density at radius 1 is 1.13 bits per heavy atom. The van der Waals surface area contributed by atoms with Crippen LogP contribution >= 0.6 is 0 Å². The number of amides is 1. The summed E-state index contributed by atoms with van der Waals surface area (Å²) in [6, 6.07) is 6.23. The van der Waals surface area contributed by atoms with Crippen LogP contribution in [0.15, 0.2) is 18.2 Å². The second-order valence-electron chi connectivity index (χ2n) is 6.25. The summed E-state index contributed by atoms with van der Waals surface area (Å²) < 4.78 is 17.7. The van der Waals surface area contributed by atoms with Crippen molar-refractivity contribution in [2.45, 2.75) is 25.7 Å². The van der Waals surface area contributed by atoms with Gasteiger partial charge in [0.25, 0.3) is 0 Å². The summed E-state index contributed by atoms with van der Waals surface area (Å²) in [7, 11) is 0. The first-order chi connectivity index (χ1) is 11.3. The molecule has 0 aromatic heterocycles. The first-order valence-corrected chi connectivity index (χ1v) is 8.56. The van der Waals surface area contributed by atoms with E-state index in [1.165, 1.54) is 11.1 Å². The van der Waals surface area contributed by atoms with Gasteiger partial charge >= 0.3 is 0 Å². The van der Waals surface area contributed by atoms with E-state index in [0.29, 0.717) is 12.8 Å². The molecule has 1 fully saturated rings. The number of hydrogen-bond donors (Lipinski definition) is 0. The lowest BCUT2D eigenvalue weighted by molar-refractivity contribution is -0.119. The second kappa shape index (κ2) is 7.88. The third kappa shape index (κ3) is 4.09. The molecule has 0 atom stereocenters. The summed E-state index contributed by atoms with van der Waals surface area (Å²) in [6.45, 7) is 4.79. The van der Waals surface area contributed by atoms with Gasteiger partial charge in [0.1, 0.15) is 0 Å². The smallest absolute Gasteiger partial charge is 0.227 e. The first kappa shape index (κ1) is 16.4. The van der Waals surface area contributed by atoms with Crippen molar-refractivity contribution in [1.29, 1.82) is 0 Å². The highest BCUT2D eigenvalue weighted by Gasteiger charge is 2.24. The van der Waals surface area contributed by atoms with Gasteiger partial charge in [-0.05, 0) is 36.5 Å². The molecular formula is C18H25FN2O2. The summed E-state index contributed by atoms with van der Waals surface area (Å²) >= 11 is 0. The van der Waals surface area contributed by atoms with Crippen LogP contribution in [0.5, 0.6) is 0 Å². The highest BCUT2D eigenvalue weighted by molar-refractivity contribution is 5.96. The Morgan fingerprint density at radius 3 is 2.74 bits per heavy atom. The van der Waals surface area contributed by atoms with Crippen LogP contribution in [-0.4, -0.2) is 56.9 Å². The van der Waals surface area contributed by atoms with Crippen molar-refractivity contribution in [3.63, 3.8) is 0 Å². The number of halogens is 1. The van der Waals surface area contributed by atoms with Crippen molar-refractivity contribution in [1.82, 2.24) is 4.90 Å². The topological polar surface area (TPSA) is 32.8 Å². The third-order valence-corrected chi connectivity index (χ3v) is 4.69. The summed E-state index contributed by atoms with van der Waals surface area (Å²) in [5.74, 6) is 0.210. The number of benzene rings is 1. The second-order valence-corrected chi connectivity index (χ2v) is 6.25. The van der Waals surface area contributed by atoms with E-state index in [0.717, 1.165) is 57.9 Å². The zero-order valence-electron chi connectivity index (χ0n) is 13.6. The number of carbonyl (C=O) groups excluding carboxylic acids is 1. The average molecular weight is 320 g/mol. The Morgan fingerprint density at radius 2 is 1.96 bits per heavy atom. The fraction of sp³-hybridized carbons (Fsp3) is 0.611. The quantitative estimate of drug-likeness (QED) is 0.805. The monoisotopic (exact) mass is 320 g/mol. The molecule has 0 N–H and O–H groups in total. The van der Waals surface area contributed by atoms with E-state index in [-0.39, 0.29) is 12.6 Å². The molecule has 0 aliphatic carbocycles. The number of nitrogens with zero attached hydrogens (tertiary/aromatic N) is 2. The Balaban J connectivity index is 1.67. The standard InChI is InChI=1S/C18H25FN2O2/c19-7-1-2-15-3-5-17-16(14-15)4-6-18(22)21(17)9-8-20-10-12-23-13-11-20/h3,5,14H,1-2,4,6-13H2. The van der Waals surface area contributed by atoms with Crippen LogP contribution in [0.1, 0.15) is 24.0 Å². The van der Waals surface area contributed by atoms with Crippen LogP contribution < -0.4 is 4.90 Å². The minimum absolute atomic E-state index is 0.210. The molecule has 0 bridgehead atoms. The fourth-order valence-corrected chi connectivity index (χ4v) is 3.35. The van der Waals surface area contributed by atoms with E-state index in [1.54, 1.807) is 0 Å². The van der Waals surface area contributed by atoms with Crippen molar-refractivity contribution in [3.8, 4) is 0 Å². The molecule has 0 radical (unpaired) electrons. The SMILES string of the molecule is O=C1CCc2cc(CCCF)ccc2N1CCN1CCOCC1. The van der Waals surface area contributed by atoms with Gasteiger partial charge in [0.2, 0.25) is 5.91 Å². The van der Waals surface area contributed by atoms with Crippen molar-refractivity contribution in [2.24, 2.45) is 0 Å². The number of hydrogen-bond acceptors (Lipinski definition) is 3. The normalized spacial score (nSPS) is 19.0. The van der Waals surface area contributed by atoms with E-state index in [4.69, 9.17) is 4.74 Å². The van der Waals surface area contributed by atoms with E-state index in [2.05, 4.69) is 11.0 Å². The van der Waals surface area contributed by atoms with Crippen molar-refractivity contribution in [3.05, 3.63) is 29.3 Å². The minimum atomic E-state index is -0.277. The van der Waals surface area contributed by atoms with Gasteiger partial charge < -0.3 is 9.64 Å². The van der Waals surface area contributed by atoms with Crippen LogP contribution in [0.4, 0.5) is 10.1 Å². The highest BCUT2D eigenvalue weighted by atomic mass is 19.1. The van der Waals surface area contributed by atoms with Crippen molar-refractivity contribution >= 4 is 11.6 Å². The fourth-order valence-electron chi connectivity index (χ4n) is 3.35.